The molecule has 100 valence electrons. The Morgan fingerprint density at radius 2 is 1.89 bits per heavy atom. The van der Waals surface area contributed by atoms with Crippen LogP contribution in [0.5, 0.6) is 5.75 Å². The van der Waals surface area contributed by atoms with Crippen LogP contribution in [0.15, 0.2) is 6.20 Å². The van der Waals surface area contributed by atoms with Gasteiger partial charge >= 0.3 is 12.1 Å². The molecular weight excluding hydrogens is 238 g/mol. The van der Waals surface area contributed by atoms with Crippen molar-refractivity contribution in [1.82, 2.24) is 4.57 Å². The number of ether oxygens (including phenoxy) is 2. The van der Waals surface area contributed by atoms with Crippen molar-refractivity contribution in [1.29, 1.82) is 0 Å². The molecule has 0 atom stereocenters. The average Bonchev–Trinajstić information content (AvgIpc) is 2.53. The lowest BCUT2D eigenvalue weighted by Crippen LogP contribution is -2.27. The Morgan fingerprint density at radius 3 is 2.33 bits per heavy atom. The highest BCUT2D eigenvalue weighted by atomic mass is 16.6. The number of nitrogens with zero attached hydrogens (tertiary/aromatic N) is 1. The summed E-state index contributed by atoms with van der Waals surface area (Å²) in [5, 5.41) is 9.74. The predicted molar refractivity (Wildman–Crippen MR) is 63.8 cm³/mol. The summed E-state index contributed by atoms with van der Waals surface area (Å²) in [4.78, 5) is 23.2. The second-order valence-electron chi connectivity index (χ2n) is 4.82. The third-order valence-electron chi connectivity index (χ3n) is 2.21. The summed E-state index contributed by atoms with van der Waals surface area (Å²) < 4.78 is 10.7. The summed E-state index contributed by atoms with van der Waals surface area (Å²) in [5.74, 6) is -0.995. The van der Waals surface area contributed by atoms with Gasteiger partial charge in [-0.1, -0.05) is 0 Å². The highest BCUT2D eigenvalue weighted by Gasteiger charge is 2.24. The predicted octanol–water partition coefficient (Wildman–Crippen LogP) is 2.07. The van der Waals surface area contributed by atoms with E-state index in [1.807, 2.05) is 0 Å². The van der Waals surface area contributed by atoms with E-state index in [0.717, 1.165) is 4.57 Å². The first-order valence-electron chi connectivity index (χ1n) is 5.40. The molecule has 0 aliphatic carbocycles. The molecule has 1 heterocycles. The fourth-order valence-corrected chi connectivity index (χ4v) is 1.36. The third-order valence-corrected chi connectivity index (χ3v) is 2.21. The summed E-state index contributed by atoms with van der Waals surface area (Å²) in [6, 6.07) is 0. The summed E-state index contributed by atoms with van der Waals surface area (Å²) in [5.41, 5.74) is -0.500. The van der Waals surface area contributed by atoms with E-state index in [-0.39, 0.29) is 17.0 Å². The Balaban J connectivity index is 3.12. The number of carbonyl (C=O) groups is 2. The molecule has 0 fully saturated rings. The molecule has 0 aliphatic rings. The molecule has 0 aromatic carbocycles. The van der Waals surface area contributed by atoms with Gasteiger partial charge in [0.05, 0.1) is 12.8 Å². The minimum atomic E-state index is -0.710. The molecule has 6 heteroatoms. The molecule has 1 rings (SSSR count). The molecule has 6 nitrogen and oxygen atoms in total. The van der Waals surface area contributed by atoms with Crippen molar-refractivity contribution in [3.8, 4) is 5.75 Å². The quantitative estimate of drug-likeness (QED) is 0.777. The van der Waals surface area contributed by atoms with Gasteiger partial charge in [0.2, 0.25) is 0 Å². The Bertz CT molecular complexity index is 481. The molecule has 0 saturated heterocycles. The van der Waals surface area contributed by atoms with Gasteiger partial charge in [-0.05, 0) is 27.7 Å². The molecule has 0 radical (unpaired) electrons. The Kier molecular flexibility index (Phi) is 3.69. The zero-order chi connectivity index (χ0) is 14.1. The van der Waals surface area contributed by atoms with Crippen molar-refractivity contribution >= 4 is 12.1 Å². The van der Waals surface area contributed by atoms with Crippen LogP contribution in [0.2, 0.25) is 0 Å². The molecule has 1 aromatic rings. The lowest BCUT2D eigenvalue weighted by molar-refractivity contribution is 0.0533. The zero-order valence-corrected chi connectivity index (χ0v) is 11.1. The van der Waals surface area contributed by atoms with Gasteiger partial charge in [0.15, 0.2) is 5.75 Å². The van der Waals surface area contributed by atoms with Crippen LogP contribution in [0.1, 0.15) is 36.8 Å². The van der Waals surface area contributed by atoms with Crippen molar-refractivity contribution in [3.63, 3.8) is 0 Å². The molecule has 1 N–H and O–H groups in total. The topological polar surface area (TPSA) is 77.8 Å². The van der Waals surface area contributed by atoms with Crippen molar-refractivity contribution in [2.75, 3.05) is 7.11 Å². The standard InChI is InChI=1S/C12H17NO5/c1-7-9(14)8(10(15)17-5)6-13(7)11(16)18-12(2,3)4/h6,14H,1-5H3. The number of rotatable bonds is 1. The molecule has 0 bridgehead atoms. The molecule has 0 saturated carbocycles. The number of hydrogen-bond acceptors (Lipinski definition) is 5. The Morgan fingerprint density at radius 1 is 1.33 bits per heavy atom. The third kappa shape index (κ3) is 2.82. The number of methoxy groups -OCH3 is 1. The van der Waals surface area contributed by atoms with Crippen molar-refractivity contribution in [2.45, 2.75) is 33.3 Å². The molecular formula is C12H17NO5. The van der Waals surface area contributed by atoms with Gasteiger partial charge < -0.3 is 14.6 Å². The highest BCUT2D eigenvalue weighted by molar-refractivity contribution is 5.94. The van der Waals surface area contributed by atoms with Crippen LogP contribution in [0, 0.1) is 6.92 Å². The summed E-state index contributed by atoms with van der Waals surface area (Å²) in [6.45, 7) is 6.69. The van der Waals surface area contributed by atoms with Crippen molar-refractivity contribution in [3.05, 3.63) is 17.5 Å². The number of hydrogen-bond donors (Lipinski definition) is 1. The largest absolute Gasteiger partial charge is 0.505 e. The summed E-state index contributed by atoms with van der Waals surface area (Å²) >= 11 is 0. The molecule has 0 spiro atoms. The van der Waals surface area contributed by atoms with Crippen LogP contribution in [-0.4, -0.2) is 34.4 Å². The van der Waals surface area contributed by atoms with E-state index < -0.39 is 17.7 Å². The number of aromatic nitrogens is 1. The van der Waals surface area contributed by atoms with E-state index >= 15 is 0 Å². The number of esters is 1. The van der Waals surface area contributed by atoms with E-state index in [4.69, 9.17) is 4.74 Å². The van der Waals surface area contributed by atoms with E-state index in [9.17, 15) is 14.7 Å². The summed E-state index contributed by atoms with van der Waals surface area (Å²) in [7, 11) is 1.20. The molecule has 1 aromatic heterocycles. The maximum atomic E-state index is 11.8. The van der Waals surface area contributed by atoms with E-state index in [1.54, 1.807) is 20.8 Å². The Hall–Kier alpha value is -1.98. The fourth-order valence-electron chi connectivity index (χ4n) is 1.36. The van der Waals surface area contributed by atoms with Crippen LogP contribution >= 0.6 is 0 Å². The zero-order valence-electron chi connectivity index (χ0n) is 11.1. The smallest absolute Gasteiger partial charge is 0.418 e. The minimum absolute atomic E-state index is 0.0686. The van der Waals surface area contributed by atoms with Crippen molar-refractivity contribution in [2.24, 2.45) is 0 Å². The lowest BCUT2D eigenvalue weighted by atomic mass is 10.2. The van der Waals surface area contributed by atoms with Crippen LogP contribution in [0.3, 0.4) is 0 Å². The van der Waals surface area contributed by atoms with Gasteiger partial charge in [0, 0.05) is 6.20 Å². The monoisotopic (exact) mass is 255 g/mol. The first kappa shape index (κ1) is 14.1. The van der Waals surface area contributed by atoms with Crippen molar-refractivity contribution < 1.29 is 24.2 Å². The number of carbonyl (C=O) groups excluding carboxylic acids is 2. The van der Waals surface area contributed by atoms with E-state index in [0.29, 0.717) is 0 Å². The van der Waals surface area contributed by atoms with Gasteiger partial charge in [-0.3, -0.25) is 4.57 Å². The molecule has 0 aliphatic heterocycles. The van der Waals surface area contributed by atoms with Gasteiger partial charge in [0.1, 0.15) is 11.2 Å². The van der Waals surface area contributed by atoms with E-state index in [1.165, 1.54) is 20.2 Å². The highest BCUT2D eigenvalue weighted by Crippen LogP contribution is 2.25. The maximum absolute atomic E-state index is 11.8. The minimum Gasteiger partial charge on any atom is -0.505 e. The normalized spacial score (nSPS) is 11.2. The SMILES string of the molecule is COC(=O)c1cn(C(=O)OC(C)(C)C)c(C)c1O. The maximum Gasteiger partial charge on any atom is 0.418 e. The summed E-state index contributed by atoms with van der Waals surface area (Å²) in [6.07, 6.45) is 0.537. The van der Waals surface area contributed by atoms with Crippen LogP contribution < -0.4 is 0 Å². The molecule has 0 unspecified atom stereocenters. The number of aromatic hydroxyl groups is 1. The molecule has 18 heavy (non-hydrogen) atoms. The fraction of sp³-hybridized carbons (Fsp3) is 0.500. The van der Waals surface area contributed by atoms with Gasteiger partial charge in [-0.25, -0.2) is 9.59 Å². The van der Waals surface area contributed by atoms with E-state index in [2.05, 4.69) is 4.74 Å². The second-order valence-corrected chi connectivity index (χ2v) is 4.82. The van der Waals surface area contributed by atoms with Gasteiger partial charge in [-0.2, -0.15) is 0 Å². The first-order valence-corrected chi connectivity index (χ1v) is 5.40. The lowest BCUT2D eigenvalue weighted by Gasteiger charge is -2.19. The van der Waals surface area contributed by atoms with Gasteiger partial charge in [-0.15, -0.1) is 0 Å². The first-order chi connectivity index (χ1) is 8.17. The van der Waals surface area contributed by atoms with Crippen LogP contribution in [-0.2, 0) is 9.47 Å². The van der Waals surface area contributed by atoms with Crippen LogP contribution in [0.4, 0.5) is 4.79 Å². The van der Waals surface area contributed by atoms with Crippen LogP contribution in [0.25, 0.3) is 0 Å². The van der Waals surface area contributed by atoms with Gasteiger partial charge in [0.25, 0.3) is 0 Å². The average molecular weight is 255 g/mol. The second kappa shape index (κ2) is 4.72. The molecule has 0 amide bonds. The Labute approximate surface area is 105 Å².